The molecule has 2 heteroatoms. The molecule has 0 saturated heterocycles. The highest BCUT2D eigenvalue weighted by Gasteiger charge is 2.29. The Kier molecular flexibility index (Phi) is 6.28. The topological polar surface area (TPSA) is 26.3 Å². The van der Waals surface area contributed by atoms with Gasteiger partial charge in [0.2, 0.25) is 0 Å². The van der Waals surface area contributed by atoms with E-state index in [1.807, 2.05) is 0 Å². The van der Waals surface area contributed by atoms with Crippen molar-refractivity contribution in [3.8, 4) is 0 Å². The van der Waals surface area contributed by atoms with Crippen molar-refractivity contribution in [1.29, 1.82) is 0 Å². The Balaban J connectivity index is 1.86. The van der Waals surface area contributed by atoms with Crippen molar-refractivity contribution < 1.29 is 9.53 Å². The summed E-state index contributed by atoms with van der Waals surface area (Å²) in [6.45, 7) is 7.25. The third-order valence-corrected chi connectivity index (χ3v) is 5.09. The van der Waals surface area contributed by atoms with Gasteiger partial charge in [-0.2, -0.15) is 0 Å². The molecule has 2 aliphatic rings. The van der Waals surface area contributed by atoms with E-state index >= 15 is 0 Å². The summed E-state index contributed by atoms with van der Waals surface area (Å²) in [5.74, 6) is 1.77. The molecule has 2 rings (SSSR count). The van der Waals surface area contributed by atoms with E-state index in [1.165, 1.54) is 51.4 Å². The van der Waals surface area contributed by atoms with Crippen molar-refractivity contribution >= 4 is 5.78 Å². The van der Waals surface area contributed by atoms with Crippen LogP contribution >= 0.6 is 0 Å². The largest absolute Gasteiger partial charge is 0.370 e. The first-order valence-electron chi connectivity index (χ1n) is 9.08. The Labute approximate surface area is 131 Å². The molecule has 2 aliphatic carbocycles. The van der Waals surface area contributed by atoms with Crippen LogP contribution in [0.2, 0.25) is 0 Å². The molecule has 122 valence electrons. The van der Waals surface area contributed by atoms with Crippen LogP contribution in [0.1, 0.15) is 85.0 Å². The highest BCUT2D eigenvalue weighted by atomic mass is 16.5. The highest BCUT2D eigenvalue weighted by Crippen LogP contribution is 2.32. The lowest BCUT2D eigenvalue weighted by molar-refractivity contribution is -0.134. The van der Waals surface area contributed by atoms with Crippen LogP contribution in [0.3, 0.4) is 0 Å². The first-order chi connectivity index (χ1) is 9.94. The standard InChI is InChI=1S/C19H34O2/c1-19(2,3)13-17(20)18(12-15-8-4-5-9-15)21-14-16-10-6-7-11-16/h15-16,18H,4-14H2,1-3H3. The van der Waals surface area contributed by atoms with Crippen LogP contribution in [0.15, 0.2) is 0 Å². The summed E-state index contributed by atoms with van der Waals surface area (Å²) in [6, 6.07) is 0. The molecule has 0 amide bonds. The summed E-state index contributed by atoms with van der Waals surface area (Å²) in [5, 5.41) is 0. The van der Waals surface area contributed by atoms with Crippen LogP contribution in [-0.4, -0.2) is 18.5 Å². The Morgan fingerprint density at radius 1 is 1.00 bits per heavy atom. The molecule has 0 radical (unpaired) electrons. The number of hydrogen-bond donors (Lipinski definition) is 0. The second kappa shape index (κ2) is 7.76. The Bertz CT molecular complexity index is 317. The molecule has 1 atom stereocenters. The Morgan fingerprint density at radius 2 is 1.52 bits per heavy atom. The minimum atomic E-state index is -0.132. The molecule has 2 nitrogen and oxygen atoms in total. The summed E-state index contributed by atoms with van der Waals surface area (Å²) in [5.41, 5.74) is 0.0712. The first kappa shape index (κ1) is 17.0. The maximum absolute atomic E-state index is 12.6. The van der Waals surface area contributed by atoms with Gasteiger partial charge in [0, 0.05) is 6.42 Å². The van der Waals surface area contributed by atoms with Gasteiger partial charge in [0.1, 0.15) is 6.10 Å². The normalized spacial score (nSPS) is 22.8. The van der Waals surface area contributed by atoms with Crippen molar-refractivity contribution in [2.75, 3.05) is 6.61 Å². The van der Waals surface area contributed by atoms with Gasteiger partial charge in [-0.25, -0.2) is 0 Å². The molecule has 2 fully saturated rings. The highest BCUT2D eigenvalue weighted by molar-refractivity contribution is 5.83. The second-order valence-corrected chi connectivity index (χ2v) is 8.56. The summed E-state index contributed by atoms with van der Waals surface area (Å²) >= 11 is 0. The molecule has 0 aliphatic heterocycles. The zero-order chi connectivity index (χ0) is 15.3. The Morgan fingerprint density at radius 3 is 2.05 bits per heavy atom. The molecule has 0 heterocycles. The lowest BCUT2D eigenvalue weighted by atomic mass is 9.86. The van der Waals surface area contributed by atoms with Crippen molar-refractivity contribution in [2.24, 2.45) is 17.3 Å². The molecular weight excluding hydrogens is 260 g/mol. The van der Waals surface area contributed by atoms with Gasteiger partial charge in [-0.1, -0.05) is 59.3 Å². The first-order valence-corrected chi connectivity index (χ1v) is 9.08. The van der Waals surface area contributed by atoms with Gasteiger partial charge < -0.3 is 4.74 Å². The summed E-state index contributed by atoms with van der Waals surface area (Å²) in [6.07, 6.45) is 12.0. The average Bonchev–Trinajstić information content (AvgIpc) is 3.05. The fraction of sp³-hybridized carbons (Fsp3) is 0.947. The minimum Gasteiger partial charge on any atom is -0.370 e. The number of rotatable bonds is 7. The van der Waals surface area contributed by atoms with Crippen molar-refractivity contribution in [3.63, 3.8) is 0 Å². The van der Waals surface area contributed by atoms with Gasteiger partial charge in [-0.15, -0.1) is 0 Å². The number of carbonyl (C=O) groups is 1. The molecule has 0 aromatic rings. The molecule has 0 bridgehead atoms. The van der Waals surface area contributed by atoms with Crippen molar-refractivity contribution in [2.45, 2.75) is 91.1 Å². The predicted molar refractivity (Wildman–Crippen MR) is 87.4 cm³/mol. The predicted octanol–water partition coefficient (Wildman–Crippen LogP) is 5.15. The molecular formula is C19H34O2. The lowest BCUT2D eigenvalue weighted by Gasteiger charge is -2.25. The van der Waals surface area contributed by atoms with E-state index in [9.17, 15) is 4.79 Å². The molecule has 0 aromatic carbocycles. The van der Waals surface area contributed by atoms with Crippen LogP contribution in [0, 0.1) is 17.3 Å². The second-order valence-electron chi connectivity index (χ2n) is 8.56. The van der Waals surface area contributed by atoms with Crippen molar-refractivity contribution in [1.82, 2.24) is 0 Å². The monoisotopic (exact) mass is 294 g/mol. The van der Waals surface area contributed by atoms with Gasteiger partial charge in [-0.05, 0) is 36.5 Å². The van der Waals surface area contributed by atoms with Crippen molar-refractivity contribution in [3.05, 3.63) is 0 Å². The number of hydrogen-bond acceptors (Lipinski definition) is 2. The quantitative estimate of drug-likeness (QED) is 0.649. The zero-order valence-electron chi connectivity index (χ0n) is 14.3. The van der Waals surface area contributed by atoms with E-state index in [1.54, 1.807) is 0 Å². The summed E-state index contributed by atoms with van der Waals surface area (Å²) < 4.78 is 6.15. The number of ether oxygens (including phenoxy) is 1. The number of ketones is 1. The molecule has 2 saturated carbocycles. The van der Waals surface area contributed by atoms with Gasteiger partial charge >= 0.3 is 0 Å². The van der Waals surface area contributed by atoms with Crippen LogP contribution in [0.5, 0.6) is 0 Å². The van der Waals surface area contributed by atoms with E-state index < -0.39 is 0 Å². The smallest absolute Gasteiger partial charge is 0.162 e. The average molecular weight is 294 g/mol. The summed E-state index contributed by atoms with van der Waals surface area (Å²) in [7, 11) is 0. The zero-order valence-corrected chi connectivity index (χ0v) is 14.3. The Hall–Kier alpha value is -0.370. The van der Waals surface area contributed by atoms with Crippen LogP contribution < -0.4 is 0 Å². The number of carbonyl (C=O) groups excluding carboxylic acids is 1. The van der Waals surface area contributed by atoms with E-state index in [4.69, 9.17) is 4.74 Å². The van der Waals surface area contributed by atoms with E-state index in [0.29, 0.717) is 18.1 Å². The summed E-state index contributed by atoms with van der Waals surface area (Å²) in [4.78, 5) is 12.6. The molecule has 0 aromatic heterocycles. The van der Waals surface area contributed by atoms with Gasteiger partial charge in [0.25, 0.3) is 0 Å². The maximum atomic E-state index is 12.6. The van der Waals surface area contributed by atoms with E-state index in [2.05, 4.69) is 20.8 Å². The van der Waals surface area contributed by atoms with Crippen LogP contribution in [-0.2, 0) is 9.53 Å². The van der Waals surface area contributed by atoms with Gasteiger partial charge in [-0.3, -0.25) is 4.79 Å². The minimum absolute atomic E-state index is 0.0712. The molecule has 21 heavy (non-hydrogen) atoms. The SMILES string of the molecule is CC(C)(C)CC(=O)C(CC1CCCC1)OCC1CCCC1. The fourth-order valence-corrected chi connectivity index (χ4v) is 3.91. The molecule has 1 unspecified atom stereocenters. The third kappa shape index (κ3) is 6.10. The van der Waals surface area contributed by atoms with Gasteiger partial charge in [0.15, 0.2) is 5.78 Å². The van der Waals surface area contributed by atoms with E-state index in [-0.39, 0.29) is 11.5 Å². The maximum Gasteiger partial charge on any atom is 0.162 e. The number of Topliss-reactive ketones (excluding diaryl/α,β-unsaturated/α-hetero) is 1. The van der Waals surface area contributed by atoms with Crippen LogP contribution in [0.4, 0.5) is 0 Å². The van der Waals surface area contributed by atoms with Gasteiger partial charge in [0.05, 0.1) is 6.61 Å². The molecule has 0 N–H and O–H groups in total. The molecule has 0 spiro atoms. The third-order valence-electron chi connectivity index (χ3n) is 5.09. The van der Waals surface area contributed by atoms with E-state index in [0.717, 1.165) is 18.9 Å². The lowest BCUT2D eigenvalue weighted by Crippen LogP contribution is -2.31. The van der Waals surface area contributed by atoms with Crippen LogP contribution in [0.25, 0.3) is 0 Å². The fourth-order valence-electron chi connectivity index (χ4n) is 3.91.